The van der Waals surface area contributed by atoms with Gasteiger partial charge in [0, 0.05) is 19.1 Å². The Balaban J connectivity index is 1.59. The lowest BCUT2D eigenvalue weighted by Gasteiger charge is -2.32. The van der Waals surface area contributed by atoms with Gasteiger partial charge in [0.2, 0.25) is 0 Å². The molecule has 0 radical (unpaired) electrons. The van der Waals surface area contributed by atoms with Crippen molar-refractivity contribution in [3.05, 3.63) is 29.8 Å². The Morgan fingerprint density at radius 1 is 1.37 bits per heavy atom. The number of piperidine rings is 1. The van der Waals surface area contributed by atoms with E-state index in [1.54, 1.807) is 0 Å². The van der Waals surface area contributed by atoms with Gasteiger partial charge in [-0.05, 0) is 51.1 Å². The van der Waals surface area contributed by atoms with Crippen molar-refractivity contribution in [3.63, 3.8) is 0 Å². The van der Waals surface area contributed by atoms with Gasteiger partial charge in [0.25, 0.3) is 0 Å². The van der Waals surface area contributed by atoms with Crippen LogP contribution < -0.4 is 10.1 Å². The van der Waals surface area contributed by atoms with Gasteiger partial charge in [0.1, 0.15) is 12.4 Å². The van der Waals surface area contributed by atoms with Crippen molar-refractivity contribution in [2.75, 3.05) is 33.3 Å². The Hall–Kier alpha value is -1.06. The maximum atomic E-state index is 5.73. The second-order valence-corrected chi connectivity index (χ2v) is 5.50. The summed E-state index contributed by atoms with van der Waals surface area (Å²) in [6.45, 7) is 6.06. The summed E-state index contributed by atoms with van der Waals surface area (Å²) in [4.78, 5) is 2.47. The molecule has 1 heterocycles. The number of hydrogen-bond donors (Lipinski definition) is 1. The molecule has 0 amide bonds. The van der Waals surface area contributed by atoms with Crippen molar-refractivity contribution in [1.82, 2.24) is 10.2 Å². The number of rotatable bonds is 6. The molecule has 1 saturated heterocycles. The number of ether oxygens (including phenoxy) is 1. The van der Waals surface area contributed by atoms with E-state index in [9.17, 15) is 0 Å². The highest BCUT2D eigenvalue weighted by Crippen LogP contribution is 2.14. The van der Waals surface area contributed by atoms with Crippen LogP contribution in [0.2, 0.25) is 0 Å². The molecule has 1 aliphatic rings. The van der Waals surface area contributed by atoms with Gasteiger partial charge in [0.15, 0.2) is 0 Å². The number of likely N-dealkylation sites (N-methyl/N-ethyl adjacent to an activating group) is 1. The van der Waals surface area contributed by atoms with Crippen LogP contribution >= 0.6 is 0 Å². The topological polar surface area (TPSA) is 24.5 Å². The molecule has 2 rings (SSSR count). The lowest BCUT2D eigenvalue weighted by atomic mass is 10.0. The fourth-order valence-corrected chi connectivity index (χ4v) is 2.62. The molecule has 3 heteroatoms. The number of aryl methyl sites for hydroxylation is 1. The number of hydrogen-bond acceptors (Lipinski definition) is 3. The van der Waals surface area contributed by atoms with Crippen molar-refractivity contribution in [3.8, 4) is 5.75 Å². The van der Waals surface area contributed by atoms with E-state index in [2.05, 4.69) is 36.3 Å². The summed E-state index contributed by atoms with van der Waals surface area (Å²) in [5, 5.41) is 3.50. The zero-order chi connectivity index (χ0) is 13.5. The molecular formula is C16H26N2O. The molecule has 0 bridgehead atoms. The zero-order valence-corrected chi connectivity index (χ0v) is 12.2. The molecule has 0 aliphatic carbocycles. The molecule has 106 valence electrons. The van der Waals surface area contributed by atoms with Gasteiger partial charge in [-0.3, -0.25) is 0 Å². The van der Waals surface area contributed by atoms with Gasteiger partial charge in [-0.2, -0.15) is 0 Å². The minimum absolute atomic E-state index is 0.702. The van der Waals surface area contributed by atoms with E-state index in [1.807, 2.05) is 12.1 Å². The minimum atomic E-state index is 0.702. The molecule has 1 aromatic carbocycles. The lowest BCUT2D eigenvalue weighted by molar-refractivity contribution is 0.179. The SMILES string of the molecule is Cc1cccc(OCCNCC2CCCCN2C)c1. The Labute approximate surface area is 116 Å². The number of benzene rings is 1. The summed E-state index contributed by atoms with van der Waals surface area (Å²) in [6, 6.07) is 8.92. The summed E-state index contributed by atoms with van der Waals surface area (Å²) in [7, 11) is 2.23. The van der Waals surface area contributed by atoms with Crippen LogP contribution in [0, 0.1) is 6.92 Å². The van der Waals surface area contributed by atoms with Crippen LogP contribution in [0.15, 0.2) is 24.3 Å². The number of likely N-dealkylation sites (tertiary alicyclic amines) is 1. The van der Waals surface area contributed by atoms with E-state index in [-0.39, 0.29) is 0 Å². The standard InChI is InChI=1S/C16H26N2O/c1-14-6-5-8-16(12-14)19-11-9-17-13-15-7-3-4-10-18(15)2/h5-6,8,12,15,17H,3-4,7,9-11,13H2,1-2H3. The van der Waals surface area contributed by atoms with Gasteiger partial charge in [0.05, 0.1) is 0 Å². The van der Waals surface area contributed by atoms with Gasteiger partial charge < -0.3 is 15.0 Å². The maximum absolute atomic E-state index is 5.73. The molecule has 3 nitrogen and oxygen atoms in total. The molecule has 0 saturated carbocycles. The van der Waals surface area contributed by atoms with Gasteiger partial charge in [-0.15, -0.1) is 0 Å². The van der Waals surface area contributed by atoms with Gasteiger partial charge >= 0.3 is 0 Å². The molecule has 1 N–H and O–H groups in total. The Morgan fingerprint density at radius 2 is 2.26 bits per heavy atom. The molecule has 19 heavy (non-hydrogen) atoms. The van der Waals surface area contributed by atoms with Crippen molar-refractivity contribution in [2.24, 2.45) is 0 Å². The van der Waals surface area contributed by atoms with Crippen LogP contribution in [0.5, 0.6) is 5.75 Å². The van der Waals surface area contributed by atoms with Crippen LogP contribution in [0.25, 0.3) is 0 Å². The second kappa shape index (κ2) is 7.51. The third-order valence-corrected chi connectivity index (χ3v) is 3.84. The van der Waals surface area contributed by atoms with E-state index in [0.29, 0.717) is 6.04 Å². The van der Waals surface area contributed by atoms with E-state index in [0.717, 1.165) is 25.4 Å². The van der Waals surface area contributed by atoms with Crippen molar-refractivity contribution < 1.29 is 4.74 Å². The predicted octanol–water partition coefficient (Wildman–Crippen LogP) is 2.45. The molecule has 1 unspecified atom stereocenters. The molecule has 0 aromatic heterocycles. The fourth-order valence-electron chi connectivity index (χ4n) is 2.62. The summed E-state index contributed by atoms with van der Waals surface area (Å²) in [5.41, 5.74) is 1.24. The molecule has 1 aliphatic heterocycles. The number of nitrogens with one attached hydrogen (secondary N) is 1. The quantitative estimate of drug-likeness (QED) is 0.797. The van der Waals surface area contributed by atoms with Gasteiger partial charge in [-0.25, -0.2) is 0 Å². The van der Waals surface area contributed by atoms with Crippen LogP contribution in [0.3, 0.4) is 0 Å². The van der Waals surface area contributed by atoms with Gasteiger partial charge in [-0.1, -0.05) is 18.6 Å². The number of nitrogens with zero attached hydrogens (tertiary/aromatic N) is 1. The minimum Gasteiger partial charge on any atom is -0.492 e. The summed E-state index contributed by atoms with van der Waals surface area (Å²) < 4.78 is 5.73. The van der Waals surface area contributed by atoms with Crippen molar-refractivity contribution in [2.45, 2.75) is 32.2 Å². The second-order valence-electron chi connectivity index (χ2n) is 5.50. The third kappa shape index (κ3) is 4.84. The van der Waals surface area contributed by atoms with Crippen molar-refractivity contribution in [1.29, 1.82) is 0 Å². The normalized spacial score (nSPS) is 20.4. The average Bonchev–Trinajstić information content (AvgIpc) is 2.40. The van der Waals surface area contributed by atoms with Crippen LogP contribution in [0.1, 0.15) is 24.8 Å². The molecule has 1 aromatic rings. The Kier molecular flexibility index (Phi) is 5.67. The Morgan fingerprint density at radius 3 is 3.05 bits per heavy atom. The van der Waals surface area contributed by atoms with E-state index in [4.69, 9.17) is 4.74 Å². The monoisotopic (exact) mass is 262 g/mol. The smallest absolute Gasteiger partial charge is 0.119 e. The molecule has 0 spiro atoms. The fraction of sp³-hybridized carbons (Fsp3) is 0.625. The summed E-state index contributed by atoms with van der Waals surface area (Å²) >= 11 is 0. The summed E-state index contributed by atoms with van der Waals surface area (Å²) in [6.07, 6.45) is 4.04. The lowest BCUT2D eigenvalue weighted by Crippen LogP contribution is -2.43. The highest BCUT2D eigenvalue weighted by Gasteiger charge is 2.17. The highest BCUT2D eigenvalue weighted by molar-refractivity contribution is 5.27. The van der Waals surface area contributed by atoms with Crippen molar-refractivity contribution >= 4 is 0 Å². The highest BCUT2D eigenvalue weighted by atomic mass is 16.5. The molecule has 1 atom stereocenters. The van der Waals surface area contributed by atoms with E-state index >= 15 is 0 Å². The molecule has 1 fully saturated rings. The Bertz CT molecular complexity index is 381. The zero-order valence-electron chi connectivity index (χ0n) is 12.2. The first-order valence-corrected chi connectivity index (χ1v) is 7.36. The van der Waals surface area contributed by atoms with Crippen LogP contribution in [0.4, 0.5) is 0 Å². The van der Waals surface area contributed by atoms with E-state index in [1.165, 1.54) is 31.4 Å². The third-order valence-electron chi connectivity index (χ3n) is 3.84. The summed E-state index contributed by atoms with van der Waals surface area (Å²) in [5.74, 6) is 0.969. The van der Waals surface area contributed by atoms with E-state index < -0.39 is 0 Å². The van der Waals surface area contributed by atoms with Crippen LogP contribution in [-0.2, 0) is 0 Å². The first-order valence-electron chi connectivity index (χ1n) is 7.36. The van der Waals surface area contributed by atoms with Crippen LogP contribution in [-0.4, -0.2) is 44.2 Å². The molecular weight excluding hydrogens is 236 g/mol. The maximum Gasteiger partial charge on any atom is 0.119 e. The average molecular weight is 262 g/mol. The predicted molar refractivity (Wildman–Crippen MR) is 79.8 cm³/mol. The first-order chi connectivity index (χ1) is 9.25. The largest absolute Gasteiger partial charge is 0.492 e. The first kappa shape index (κ1) is 14.4.